The first-order chi connectivity index (χ1) is 31.5. The molecule has 342 valence electrons. The van der Waals surface area contributed by atoms with Gasteiger partial charge in [0.2, 0.25) is 5.88 Å². The number of nitrogens with zero attached hydrogens (tertiary/aromatic N) is 2. The van der Waals surface area contributed by atoms with E-state index in [9.17, 15) is 52.7 Å². The Hall–Kier alpha value is -7.30. The summed E-state index contributed by atoms with van der Waals surface area (Å²) in [6.45, 7) is 3.61. The fraction of sp³-hybridized carbons (Fsp3) is 0.160. The van der Waals surface area contributed by atoms with Gasteiger partial charge in [-0.05, 0) is 113 Å². The maximum absolute atomic E-state index is 13.9. The molecular formula is C50H32F12N4O. The lowest BCUT2D eigenvalue weighted by Crippen LogP contribution is -2.11. The Bertz CT molecular complexity index is 3210. The minimum absolute atomic E-state index is 0.0769. The molecule has 1 atom stereocenters. The normalized spacial score (nSPS) is 14.5. The minimum Gasteiger partial charge on any atom is -0.467 e. The van der Waals surface area contributed by atoms with E-state index in [1.807, 2.05) is 0 Å². The highest BCUT2D eigenvalue weighted by Gasteiger charge is 2.35. The molecule has 0 radical (unpaired) electrons. The van der Waals surface area contributed by atoms with Crippen LogP contribution in [0.15, 0.2) is 121 Å². The standard InChI is InChI=1S/C50H32F12N4O/c1-25(2)45-44-42(28-7-15-32(16-8-28)49(57,58)59)38-23-21-36(64-38)40(26-3-11-30(12-4-26)47(51,52)53)34-19-20-35(63-34)41(27-5-13-31(14-6-27)48(54,55)56)37-22-24-39(65-37)43(46(66-44)67-45)29-9-17-33(18-10-29)50(60,61)62/h3-25,45,64-65H,1-2H3. The zero-order chi connectivity index (χ0) is 47.8. The molecule has 7 aromatic rings. The van der Waals surface area contributed by atoms with Crippen LogP contribution in [0, 0.1) is 5.92 Å². The average molecular weight is 933 g/mol. The van der Waals surface area contributed by atoms with Gasteiger partial charge in [-0.2, -0.15) is 52.7 Å². The van der Waals surface area contributed by atoms with Gasteiger partial charge in [-0.1, -0.05) is 62.4 Å². The molecule has 0 fully saturated rings. The van der Waals surface area contributed by atoms with Crippen LogP contribution in [0.3, 0.4) is 0 Å². The molecule has 9 rings (SSSR count). The van der Waals surface area contributed by atoms with Crippen LogP contribution in [-0.2, 0) is 24.7 Å². The van der Waals surface area contributed by atoms with Gasteiger partial charge in [0.1, 0.15) is 6.10 Å². The Morgan fingerprint density at radius 1 is 0.403 bits per heavy atom. The van der Waals surface area contributed by atoms with E-state index in [-0.39, 0.29) is 78.9 Å². The quantitative estimate of drug-likeness (QED) is 0.169. The zero-order valence-electron chi connectivity index (χ0n) is 34.7. The maximum Gasteiger partial charge on any atom is 0.416 e. The molecule has 0 aliphatic carbocycles. The van der Waals surface area contributed by atoms with E-state index in [0.29, 0.717) is 16.6 Å². The Kier molecular flexibility index (Phi) is 10.9. The lowest BCUT2D eigenvalue weighted by Gasteiger charge is -2.18. The van der Waals surface area contributed by atoms with Crippen LogP contribution in [0.5, 0.6) is 5.88 Å². The molecule has 0 saturated heterocycles. The van der Waals surface area contributed by atoms with E-state index < -0.39 is 53.1 Å². The predicted molar refractivity (Wildman–Crippen MR) is 230 cm³/mol. The Balaban J connectivity index is 1.45. The van der Waals surface area contributed by atoms with Crippen LogP contribution in [0.4, 0.5) is 52.7 Å². The van der Waals surface area contributed by atoms with E-state index >= 15 is 0 Å². The molecule has 4 aromatic carbocycles. The lowest BCUT2D eigenvalue weighted by molar-refractivity contribution is -0.138. The van der Waals surface area contributed by atoms with Gasteiger partial charge in [-0.3, -0.25) is 0 Å². The number of ether oxygens (including phenoxy) is 1. The monoisotopic (exact) mass is 932 g/mol. The molecule has 67 heavy (non-hydrogen) atoms. The number of halogens is 12. The van der Waals surface area contributed by atoms with E-state index in [1.54, 1.807) is 50.3 Å². The maximum atomic E-state index is 13.9. The number of rotatable bonds is 5. The molecule has 0 spiro atoms. The minimum atomic E-state index is -4.69. The van der Waals surface area contributed by atoms with Crippen molar-refractivity contribution in [2.75, 3.05) is 0 Å². The number of fused-ring (bicyclic) bond motifs is 8. The van der Waals surface area contributed by atoms with Crippen molar-refractivity contribution in [1.82, 2.24) is 19.9 Å². The second-order valence-corrected chi connectivity index (χ2v) is 16.2. The molecule has 17 heteroatoms. The lowest BCUT2D eigenvalue weighted by atomic mass is 9.95. The van der Waals surface area contributed by atoms with Gasteiger partial charge in [0, 0.05) is 33.2 Å². The Morgan fingerprint density at radius 2 is 0.701 bits per heavy atom. The molecule has 0 saturated carbocycles. The highest BCUT2D eigenvalue weighted by Crippen LogP contribution is 2.46. The van der Waals surface area contributed by atoms with Crippen molar-refractivity contribution in [3.05, 3.63) is 161 Å². The number of aromatic nitrogens is 4. The fourth-order valence-corrected chi connectivity index (χ4v) is 8.18. The molecule has 0 amide bonds. The summed E-state index contributed by atoms with van der Waals surface area (Å²) < 4.78 is 173. The van der Waals surface area contributed by atoms with Gasteiger partial charge in [0.25, 0.3) is 0 Å². The van der Waals surface area contributed by atoms with Crippen LogP contribution in [-0.4, -0.2) is 19.9 Å². The van der Waals surface area contributed by atoms with Gasteiger partial charge >= 0.3 is 24.7 Å². The highest BCUT2D eigenvalue weighted by molar-refractivity contribution is 5.97. The van der Waals surface area contributed by atoms with E-state index in [2.05, 4.69) is 9.97 Å². The van der Waals surface area contributed by atoms with Crippen LogP contribution in [0.2, 0.25) is 0 Å². The first-order valence-corrected chi connectivity index (χ1v) is 20.4. The van der Waals surface area contributed by atoms with Gasteiger partial charge in [-0.25, -0.2) is 9.97 Å². The summed E-state index contributed by atoms with van der Waals surface area (Å²) in [5.41, 5.74) is 0.0917. The molecule has 2 aliphatic heterocycles. The van der Waals surface area contributed by atoms with Gasteiger partial charge in [0.15, 0.2) is 0 Å². The number of benzene rings is 4. The number of hydrogen-bond donors (Lipinski definition) is 2. The van der Waals surface area contributed by atoms with E-state index in [1.165, 1.54) is 48.5 Å². The third-order valence-electron chi connectivity index (χ3n) is 11.4. The summed E-state index contributed by atoms with van der Waals surface area (Å²) >= 11 is 0. The molecule has 2 aliphatic rings. The third-order valence-corrected chi connectivity index (χ3v) is 11.4. The van der Waals surface area contributed by atoms with E-state index in [0.717, 1.165) is 48.5 Å². The van der Waals surface area contributed by atoms with Crippen molar-refractivity contribution in [3.63, 3.8) is 0 Å². The Morgan fingerprint density at radius 3 is 1.03 bits per heavy atom. The molecule has 8 bridgehead atoms. The van der Waals surface area contributed by atoms with Crippen molar-refractivity contribution in [1.29, 1.82) is 0 Å². The first kappa shape index (κ1) is 44.9. The summed E-state index contributed by atoms with van der Waals surface area (Å²) in [6.07, 6.45) is -16.5. The third kappa shape index (κ3) is 8.65. The summed E-state index contributed by atoms with van der Waals surface area (Å²) in [5, 5.41) is 0. The summed E-state index contributed by atoms with van der Waals surface area (Å²) in [7, 11) is 0. The predicted octanol–water partition coefficient (Wildman–Crippen LogP) is 16.0. The smallest absolute Gasteiger partial charge is 0.416 e. The molecule has 5 nitrogen and oxygen atoms in total. The first-order valence-electron chi connectivity index (χ1n) is 20.4. The highest BCUT2D eigenvalue weighted by atomic mass is 19.4. The molecule has 2 N–H and O–H groups in total. The van der Waals surface area contributed by atoms with Crippen LogP contribution < -0.4 is 4.74 Å². The van der Waals surface area contributed by atoms with Gasteiger partial charge < -0.3 is 14.7 Å². The molecule has 3 aromatic heterocycles. The average Bonchev–Trinajstić information content (AvgIpc) is 4.11. The Labute approximate surface area is 372 Å². The second kappa shape index (κ2) is 16.2. The molecular weight excluding hydrogens is 901 g/mol. The second-order valence-electron chi connectivity index (χ2n) is 16.2. The van der Waals surface area contributed by atoms with Gasteiger partial charge in [-0.15, -0.1) is 0 Å². The summed E-state index contributed by atoms with van der Waals surface area (Å²) in [5.74, 6) is -0.460. The number of hydrogen-bond acceptors (Lipinski definition) is 3. The largest absolute Gasteiger partial charge is 0.467 e. The number of alkyl halides is 12. The molecule has 5 heterocycles. The molecule has 1 unspecified atom stereocenters. The topological polar surface area (TPSA) is 66.6 Å². The van der Waals surface area contributed by atoms with E-state index in [4.69, 9.17) is 14.7 Å². The van der Waals surface area contributed by atoms with Crippen molar-refractivity contribution in [2.45, 2.75) is 44.7 Å². The number of aromatic amines is 2. The zero-order valence-corrected chi connectivity index (χ0v) is 34.7. The van der Waals surface area contributed by atoms with Crippen LogP contribution >= 0.6 is 0 Å². The van der Waals surface area contributed by atoms with Crippen molar-refractivity contribution >= 4 is 34.2 Å². The number of nitrogens with one attached hydrogen (secondary N) is 2. The fourth-order valence-electron chi connectivity index (χ4n) is 8.18. The SMILES string of the molecule is CC(C)C1Oc2nc1c(-c1ccc(C(F)(F)F)cc1)c1ccc([nH]1)c(-c1ccc(C(F)(F)F)cc1)c1nc(c(-c3ccc(C(F)(F)F)cc3)c3ccc([nH]3)c2-c2ccc(C(F)(F)F)cc2)C=C1. The van der Waals surface area contributed by atoms with Crippen LogP contribution in [0.1, 0.15) is 59.3 Å². The van der Waals surface area contributed by atoms with Gasteiger partial charge in [0.05, 0.1) is 50.4 Å². The van der Waals surface area contributed by atoms with Crippen molar-refractivity contribution in [3.8, 4) is 50.4 Å². The van der Waals surface area contributed by atoms with Crippen LogP contribution in [0.25, 0.3) is 78.7 Å². The summed E-state index contributed by atoms with van der Waals surface area (Å²) in [4.78, 5) is 16.5. The number of H-pyrrole nitrogens is 2. The summed E-state index contributed by atoms with van der Waals surface area (Å²) in [6, 6.07) is 23.5. The van der Waals surface area contributed by atoms with Crippen molar-refractivity contribution < 1.29 is 57.4 Å². The van der Waals surface area contributed by atoms with Crippen molar-refractivity contribution in [2.24, 2.45) is 5.92 Å².